The summed E-state index contributed by atoms with van der Waals surface area (Å²) in [6, 6.07) is 6.26. The summed E-state index contributed by atoms with van der Waals surface area (Å²) in [5.41, 5.74) is 1.03. The predicted octanol–water partition coefficient (Wildman–Crippen LogP) is 3.07. The van der Waals surface area contributed by atoms with Crippen LogP contribution < -0.4 is 5.32 Å². The van der Waals surface area contributed by atoms with Crippen molar-refractivity contribution < 1.29 is 4.79 Å². The zero-order chi connectivity index (χ0) is 15.4. The highest BCUT2D eigenvalue weighted by atomic mass is 79.9. The first-order valence-corrected chi connectivity index (χ1v) is 8.27. The van der Waals surface area contributed by atoms with Crippen LogP contribution in [0.25, 0.3) is 0 Å². The molecule has 0 aromatic heterocycles. The molecule has 0 radical (unpaired) electrons. The fourth-order valence-corrected chi connectivity index (χ4v) is 2.96. The lowest BCUT2D eigenvalue weighted by Gasteiger charge is -2.33. The van der Waals surface area contributed by atoms with Crippen LogP contribution in [0.5, 0.6) is 0 Å². The number of hydrogen-bond acceptors (Lipinski definition) is 3. The number of anilines is 1. The number of piperidine rings is 1. The van der Waals surface area contributed by atoms with Crippen molar-refractivity contribution in [2.24, 2.45) is 0 Å². The molecule has 6 heteroatoms. The lowest BCUT2D eigenvalue weighted by Crippen LogP contribution is -2.43. The van der Waals surface area contributed by atoms with E-state index in [4.69, 9.17) is 11.6 Å². The van der Waals surface area contributed by atoms with Crippen molar-refractivity contribution in [1.29, 1.82) is 0 Å². The van der Waals surface area contributed by atoms with Gasteiger partial charge >= 0.3 is 0 Å². The third kappa shape index (κ3) is 4.59. The van der Waals surface area contributed by atoms with Crippen molar-refractivity contribution in [3.63, 3.8) is 0 Å². The van der Waals surface area contributed by atoms with Gasteiger partial charge in [0.2, 0.25) is 5.91 Å². The van der Waals surface area contributed by atoms with Gasteiger partial charge in [0, 0.05) is 33.2 Å². The molecule has 0 spiro atoms. The zero-order valence-corrected chi connectivity index (χ0v) is 14.7. The van der Waals surface area contributed by atoms with Crippen LogP contribution in [0.15, 0.2) is 22.7 Å². The zero-order valence-electron chi connectivity index (χ0n) is 12.4. The van der Waals surface area contributed by atoms with Gasteiger partial charge in [0.25, 0.3) is 0 Å². The molecule has 0 atom stereocenters. The summed E-state index contributed by atoms with van der Waals surface area (Å²) in [7, 11) is 3.60. The Morgan fingerprint density at radius 1 is 1.43 bits per heavy atom. The van der Waals surface area contributed by atoms with Gasteiger partial charge in [-0.2, -0.15) is 0 Å². The second kappa shape index (κ2) is 7.47. The third-order valence-electron chi connectivity index (χ3n) is 3.76. The minimum absolute atomic E-state index is 0.166. The summed E-state index contributed by atoms with van der Waals surface area (Å²) in [4.78, 5) is 15.6. The van der Waals surface area contributed by atoms with E-state index in [1.165, 1.54) is 0 Å². The number of amides is 1. The van der Waals surface area contributed by atoms with Crippen LogP contribution in [0.4, 0.5) is 5.69 Å². The lowest BCUT2D eigenvalue weighted by molar-refractivity contribution is -0.130. The van der Waals surface area contributed by atoms with Crippen LogP contribution in [-0.4, -0.2) is 55.5 Å². The highest BCUT2D eigenvalue weighted by Crippen LogP contribution is 2.31. The van der Waals surface area contributed by atoms with Gasteiger partial charge in [0.15, 0.2) is 0 Å². The molecule has 116 valence electrons. The first-order chi connectivity index (χ1) is 9.97. The van der Waals surface area contributed by atoms with Gasteiger partial charge in [-0.25, -0.2) is 0 Å². The molecule has 1 saturated heterocycles. The van der Waals surface area contributed by atoms with Crippen LogP contribution in [0.1, 0.15) is 12.8 Å². The largest absolute Gasteiger partial charge is 0.381 e. The molecule has 0 unspecified atom stereocenters. The number of halogens is 2. The molecule has 0 bridgehead atoms. The smallest absolute Gasteiger partial charge is 0.236 e. The molecule has 4 nitrogen and oxygen atoms in total. The number of hydrogen-bond donors (Lipinski definition) is 1. The number of nitrogens with zero attached hydrogens (tertiary/aromatic N) is 2. The highest BCUT2D eigenvalue weighted by Gasteiger charge is 2.21. The molecule has 2 rings (SSSR count). The number of carbonyl (C=O) groups is 1. The van der Waals surface area contributed by atoms with Crippen molar-refractivity contribution in [3.8, 4) is 0 Å². The molecule has 1 amide bonds. The summed E-state index contributed by atoms with van der Waals surface area (Å²) in [5, 5.41) is 4.25. The average molecular weight is 375 g/mol. The average Bonchev–Trinajstić information content (AvgIpc) is 2.46. The van der Waals surface area contributed by atoms with E-state index in [1.807, 2.05) is 18.2 Å². The van der Waals surface area contributed by atoms with Gasteiger partial charge in [-0.05, 0) is 40.9 Å². The van der Waals surface area contributed by atoms with E-state index in [9.17, 15) is 4.79 Å². The Hall–Kier alpha value is -0.780. The standard InChI is InChI=1S/C15H21BrClN3O/c1-19(2)14(21)10-20-8-6-11(7-9-20)18-13-5-3-4-12(17)15(13)16/h3-5,11,18H,6-10H2,1-2H3. The van der Waals surface area contributed by atoms with E-state index in [0.29, 0.717) is 17.6 Å². The molecule has 1 N–H and O–H groups in total. The van der Waals surface area contributed by atoms with Crippen molar-refractivity contribution in [2.75, 3.05) is 39.0 Å². The molecule has 0 saturated carbocycles. The second-order valence-corrected chi connectivity index (χ2v) is 6.78. The molecule has 1 heterocycles. The number of likely N-dealkylation sites (N-methyl/N-ethyl adjacent to an activating group) is 1. The van der Waals surface area contributed by atoms with Gasteiger partial charge in [0.05, 0.1) is 21.7 Å². The van der Waals surface area contributed by atoms with Crippen LogP contribution in [-0.2, 0) is 4.79 Å². The molecule has 1 aromatic carbocycles. The number of rotatable bonds is 4. The number of benzene rings is 1. The molecule has 1 aliphatic rings. The van der Waals surface area contributed by atoms with Crippen molar-refractivity contribution >= 4 is 39.1 Å². The monoisotopic (exact) mass is 373 g/mol. The molecule has 1 aromatic rings. The number of nitrogens with one attached hydrogen (secondary N) is 1. The quantitative estimate of drug-likeness (QED) is 0.880. The van der Waals surface area contributed by atoms with Crippen molar-refractivity contribution in [2.45, 2.75) is 18.9 Å². The third-order valence-corrected chi connectivity index (χ3v) is 5.15. The minimum atomic E-state index is 0.166. The van der Waals surface area contributed by atoms with Crippen molar-refractivity contribution in [1.82, 2.24) is 9.80 Å². The fraction of sp³-hybridized carbons (Fsp3) is 0.533. The number of carbonyl (C=O) groups excluding carboxylic acids is 1. The second-order valence-electron chi connectivity index (χ2n) is 5.58. The normalized spacial score (nSPS) is 16.8. The Morgan fingerprint density at radius 3 is 2.71 bits per heavy atom. The topological polar surface area (TPSA) is 35.6 Å². The van der Waals surface area contributed by atoms with E-state index in [2.05, 4.69) is 26.1 Å². The Labute approximate surface area is 139 Å². The number of likely N-dealkylation sites (tertiary alicyclic amines) is 1. The minimum Gasteiger partial charge on any atom is -0.381 e. The summed E-state index contributed by atoms with van der Waals surface area (Å²) < 4.78 is 0.914. The fourth-order valence-electron chi connectivity index (χ4n) is 2.40. The van der Waals surface area contributed by atoms with Gasteiger partial charge in [-0.15, -0.1) is 0 Å². The van der Waals surface area contributed by atoms with Gasteiger partial charge < -0.3 is 10.2 Å². The van der Waals surface area contributed by atoms with Crippen LogP contribution in [0.2, 0.25) is 5.02 Å². The molecule has 1 fully saturated rings. The van der Waals surface area contributed by atoms with Crippen LogP contribution >= 0.6 is 27.5 Å². The van der Waals surface area contributed by atoms with Crippen LogP contribution in [0, 0.1) is 0 Å². The molecule has 0 aliphatic carbocycles. The first-order valence-electron chi connectivity index (χ1n) is 7.10. The summed E-state index contributed by atoms with van der Waals surface area (Å²) in [5.74, 6) is 0.166. The van der Waals surface area contributed by atoms with Crippen molar-refractivity contribution in [3.05, 3.63) is 27.7 Å². The Bertz CT molecular complexity index is 502. The Kier molecular flexibility index (Phi) is 5.90. The highest BCUT2D eigenvalue weighted by molar-refractivity contribution is 9.10. The van der Waals surface area contributed by atoms with E-state index in [0.717, 1.165) is 36.1 Å². The van der Waals surface area contributed by atoms with Crippen LogP contribution in [0.3, 0.4) is 0 Å². The molecular weight excluding hydrogens is 354 g/mol. The van der Waals surface area contributed by atoms with Gasteiger partial charge in [0.1, 0.15) is 0 Å². The Morgan fingerprint density at radius 2 is 2.10 bits per heavy atom. The lowest BCUT2D eigenvalue weighted by atomic mass is 10.0. The molecular formula is C15H21BrClN3O. The van der Waals surface area contributed by atoms with Gasteiger partial charge in [-0.1, -0.05) is 17.7 Å². The summed E-state index contributed by atoms with van der Waals surface area (Å²) in [6.07, 6.45) is 2.05. The maximum absolute atomic E-state index is 11.7. The SMILES string of the molecule is CN(C)C(=O)CN1CCC(Nc2cccc(Cl)c2Br)CC1. The van der Waals surface area contributed by atoms with E-state index in [1.54, 1.807) is 19.0 Å². The van der Waals surface area contributed by atoms with E-state index < -0.39 is 0 Å². The van der Waals surface area contributed by atoms with Gasteiger partial charge in [-0.3, -0.25) is 9.69 Å². The molecule has 1 aliphatic heterocycles. The first kappa shape index (κ1) is 16.6. The van der Waals surface area contributed by atoms with E-state index in [-0.39, 0.29) is 5.91 Å². The summed E-state index contributed by atoms with van der Waals surface area (Å²) in [6.45, 7) is 2.39. The predicted molar refractivity (Wildman–Crippen MR) is 90.9 cm³/mol. The summed E-state index contributed by atoms with van der Waals surface area (Å²) >= 11 is 9.62. The maximum atomic E-state index is 11.7. The maximum Gasteiger partial charge on any atom is 0.236 e. The Balaban J connectivity index is 1.84. The van der Waals surface area contributed by atoms with E-state index >= 15 is 0 Å². The molecule has 21 heavy (non-hydrogen) atoms.